The number of hydrogen-bond donors (Lipinski definition) is 0. The third-order valence-electron chi connectivity index (χ3n) is 7.16. The van der Waals surface area contributed by atoms with E-state index in [1.807, 2.05) is 104 Å². The fraction of sp³-hybridized carbons (Fsp3) is 0.450. The van der Waals surface area contributed by atoms with Crippen LogP contribution in [0.5, 0.6) is 11.5 Å². The molecule has 0 bridgehead atoms. The maximum absolute atomic E-state index is 12.2. The molecule has 0 fully saturated rings. The van der Waals surface area contributed by atoms with E-state index in [1.165, 1.54) is 0 Å². The molecule has 0 aliphatic rings. The summed E-state index contributed by atoms with van der Waals surface area (Å²) in [5.74, 6) is 1.88. The number of carbonyl (C=O) groups excluding carboxylic acids is 1. The molecule has 0 aromatic heterocycles. The molecule has 4 nitrogen and oxygen atoms in total. The standard InChI is InChI=1S/C36H45NO3.2C2H6.H2/c1-9-13-28(14-10-2)24-40-35-19-17-29(21-31(35)23-37)33(15-11-3)27(7)25(5)20-26(6)32-18-16-30(34(38)12-4)22-36(32)39-8;2*1-2;/h11,15-22,28H,5,9-10,12-14,24H2,1-4,6-8H3;2*1-2H3;1H/b15-11-,26-20+,33-27+;;;. The molecule has 0 heterocycles. The summed E-state index contributed by atoms with van der Waals surface area (Å²) in [7, 11) is 1.62. The maximum Gasteiger partial charge on any atom is 0.162 e. The van der Waals surface area contributed by atoms with Gasteiger partial charge in [-0.05, 0) is 85.6 Å². The van der Waals surface area contributed by atoms with Gasteiger partial charge in [0.2, 0.25) is 0 Å². The molecule has 0 saturated heterocycles. The van der Waals surface area contributed by atoms with Gasteiger partial charge in [-0.15, -0.1) is 0 Å². The van der Waals surface area contributed by atoms with Gasteiger partial charge in [0.05, 0.1) is 19.3 Å². The first-order valence-electron chi connectivity index (χ1n) is 16.3. The Labute approximate surface area is 270 Å². The van der Waals surface area contributed by atoms with Gasteiger partial charge in [0.25, 0.3) is 0 Å². The fourth-order valence-corrected chi connectivity index (χ4v) is 4.87. The van der Waals surface area contributed by atoms with Crippen molar-refractivity contribution in [2.45, 2.75) is 101 Å². The molecule has 44 heavy (non-hydrogen) atoms. The lowest BCUT2D eigenvalue weighted by Crippen LogP contribution is -2.12. The van der Waals surface area contributed by atoms with Crippen molar-refractivity contribution in [2.24, 2.45) is 5.92 Å². The van der Waals surface area contributed by atoms with Crippen molar-refractivity contribution in [1.82, 2.24) is 0 Å². The first-order valence-corrected chi connectivity index (χ1v) is 16.3. The van der Waals surface area contributed by atoms with Crippen LogP contribution in [0.15, 0.2) is 72.4 Å². The van der Waals surface area contributed by atoms with Crippen LogP contribution in [0.1, 0.15) is 130 Å². The Morgan fingerprint density at radius 3 is 2.11 bits per heavy atom. The second kappa shape index (κ2) is 22.7. The minimum Gasteiger partial charge on any atom is -0.496 e. The highest BCUT2D eigenvalue weighted by atomic mass is 16.5. The number of Topliss-reactive ketones (excluding diaryl/α,β-unsaturated/α-hetero) is 1. The number of allylic oxidation sites excluding steroid dienone is 7. The number of ketones is 1. The van der Waals surface area contributed by atoms with Crippen LogP contribution in [0.3, 0.4) is 0 Å². The van der Waals surface area contributed by atoms with E-state index >= 15 is 0 Å². The van der Waals surface area contributed by atoms with Crippen LogP contribution in [0.4, 0.5) is 0 Å². The molecule has 0 amide bonds. The van der Waals surface area contributed by atoms with E-state index in [9.17, 15) is 10.1 Å². The van der Waals surface area contributed by atoms with Crippen LogP contribution in [0.25, 0.3) is 11.1 Å². The topological polar surface area (TPSA) is 59.3 Å². The third-order valence-corrected chi connectivity index (χ3v) is 7.16. The van der Waals surface area contributed by atoms with E-state index in [2.05, 4.69) is 26.5 Å². The smallest absolute Gasteiger partial charge is 0.162 e. The second-order valence-electron chi connectivity index (χ2n) is 10.2. The number of carbonyl (C=O) groups is 1. The van der Waals surface area contributed by atoms with E-state index in [0.29, 0.717) is 41.6 Å². The molecule has 2 aromatic rings. The van der Waals surface area contributed by atoms with Crippen molar-refractivity contribution in [3.05, 3.63) is 94.6 Å². The Kier molecular flexibility index (Phi) is 20.7. The monoisotopic (exact) mass is 601 g/mol. The van der Waals surface area contributed by atoms with Crippen molar-refractivity contribution in [3.8, 4) is 17.6 Å². The summed E-state index contributed by atoms with van der Waals surface area (Å²) in [5, 5.41) is 9.91. The zero-order chi connectivity index (χ0) is 33.7. The highest BCUT2D eigenvalue weighted by Gasteiger charge is 2.14. The number of rotatable bonds is 15. The van der Waals surface area contributed by atoms with Crippen molar-refractivity contribution < 1.29 is 15.7 Å². The summed E-state index contributed by atoms with van der Waals surface area (Å²) in [6, 6.07) is 13.7. The van der Waals surface area contributed by atoms with Gasteiger partial charge in [-0.1, -0.05) is 104 Å². The summed E-state index contributed by atoms with van der Waals surface area (Å²) in [6.45, 7) is 25.3. The van der Waals surface area contributed by atoms with E-state index in [-0.39, 0.29) is 7.21 Å². The largest absolute Gasteiger partial charge is 0.496 e. The first-order chi connectivity index (χ1) is 21.2. The van der Waals surface area contributed by atoms with Crippen molar-refractivity contribution in [2.75, 3.05) is 13.7 Å². The van der Waals surface area contributed by atoms with E-state index in [4.69, 9.17) is 9.47 Å². The van der Waals surface area contributed by atoms with Gasteiger partial charge in [0.15, 0.2) is 5.78 Å². The SMILES string of the molecule is C=C(/C=C(\C)c1ccc(C(=O)CC)cc1OC)/C(C)=C(\C=C/C)c1ccc(OCC(CCC)CCC)c(C#N)c1.CC.CC.[HH]. The molecule has 0 saturated carbocycles. The van der Waals surface area contributed by atoms with Gasteiger partial charge in [-0.25, -0.2) is 0 Å². The molecule has 0 spiro atoms. The predicted molar refractivity (Wildman–Crippen MR) is 193 cm³/mol. The average Bonchev–Trinajstić information content (AvgIpc) is 3.06. The van der Waals surface area contributed by atoms with Gasteiger partial charge >= 0.3 is 0 Å². The van der Waals surface area contributed by atoms with E-state index < -0.39 is 0 Å². The maximum atomic E-state index is 12.2. The molecule has 2 aromatic carbocycles. The number of benzene rings is 2. The molecule has 0 N–H and O–H groups in total. The number of methoxy groups -OCH3 is 1. The lowest BCUT2D eigenvalue weighted by atomic mass is 9.92. The highest BCUT2D eigenvalue weighted by Crippen LogP contribution is 2.33. The summed E-state index contributed by atoms with van der Waals surface area (Å²) < 4.78 is 11.7. The van der Waals surface area contributed by atoms with Gasteiger partial charge in [0, 0.05) is 19.0 Å². The summed E-state index contributed by atoms with van der Waals surface area (Å²) >= 11 is 0. The molecule has 0 aliphatic carbocycles. The average molecular weight is 602 g/mol. The minimum absolute atomic E-state index is 0. The second-order valence-corrected chi connectivity index (χ2v) is 10.2. The van der Waals surface area contributed by atoms with Crippen LogP contribution < -0.4 is 9.47 Å². The summed E-state index contributed by atoms with van der Waals surface area (Å²) in [5.41, 5.74) is 6.84. The molecule has 0 aliphatic heterocycles. The Balaban J connectivity index is 0. The molecular weight excluding hydrogens is 542 g/mol. The van der Waals surface area contributed by atoms with Crippen LogP contribution in [0, 0.1) is 17.2 Å². The van der Waals surface area contributed by atoms with Crippen molar-refractivity contribution in [3.63, 3.8) is 0 Å². The summed E-state index contributed by atoms with van der Waals surface area (Å²) in [6.07, 6.45) is 11.0. The van der Waals surface area contributed by atoms with Gasteiger partial charge < -0.3 is 9.47 Å². The molecule has 0 unspecified atom stereocenters. The normalized spacial score (nSPS) is 11.5. The predicted octanol–water partition coefficient (Wildman–Crippen LogP) is 12.1. The molecule has 2 rings (SSSR count). The van der Waals surface area contributed by atoms with Crippen molar-refractivity contribution in [1.29, 1.82) is 5.26 Å². The lowest BCUT2D eigenvalue weighted by Gasteiger charge is -2.18. The zero-order valence-corrected chi connectivity index (χ0v) is 29.4. The van der Waals surface area contributed by atoms with E-state index in [1.54, 1.807) is 13.2 Å². The molecule has 4 heteroatoms. The first kappa shape index (κ1) is 40.2. The Bertz CT molecular complexity index is 1320. The van der Waals surface area contributed by atoms with Crippen LogP contribution in [0.2, 0.25) is 0 Å². The minimum atomic E-state index is 0. The number of nitriles is 1. The summed E-state index contributed by atoms with van der Waals surface area (Å²) in [4.78, 5) is 12.2. The van der Waals surface area contributed by atoms with Gasteiger partial charge in [0.1, 0.15) is 17.6 Å². The van der Waals surface area contributed by atoms with Crippen LogP contribution in [-0.4, -0.2) is 19.5 Å². The molecular formula is C40H59NO3. The van der Waals surface area contributed by atoms with Crippen LogP contribution in [-0.2, 0) is 0 Å². The Hall–Kier alpha value is -3.84. The lowest BCUT2D eigenvalue weighted by molar-refractivity contribution is 0.0988. The van der Waals surface area contributed by atoms with Crippen LogP contribution >= 0.6 is 0 Å². The Morgan fingerprint density at radius 2 is 1.59 bits per heavy atom. The molecule has 0 atom stereocenters. The highest BCUT2D eigenvalue weighted by molar-refractivity contribution is 5.97. The number of ether oxygens (including phenoxy) is 2. The van der Waals surface area contributed by atoms with Gasteiger partial charge in [-0.3, -0.25) is 4.79 Å². The van der Waals surface area contributed by atoms with Crippen molar-refractivity contribution >= 4 is 16.9 Å². The zero-order valence-electron chi connectivity index (χ0n) is 29.4. The van der Waals surface area contributed by atoms with E-state index in [0.717, 1.165) is 59.1 Å². The Morgan fingerprint density at radius 1 is 0.977 bits per heavy atom. The fourth-order valence-electron chi connectivity index (χ4n) is 4.87. The number of hydrogen-bond acceptors (Lipinski definition) is 4. The molecule has 0 radical (unpaired) electrons. The number of nitrogens with zero attached hydrogens (tertiary/aromatic N) is 1. The van der Waals surface area contributed by atoms with Gasteiger partial charge in [-0.2, -0.15) is 5.26 Å². The third kappa shape index (κ3) is 12.0. The quantitative estimate of drug-likeness (QED) is 0.150. The molecule has 242 valence electrons.